The molecule has 7 nitrogen and oxygen atoms in total. The van der Waals surface area contributed by atoms with E-state index in [1.54, 1.807) is 6.20 Å². The number of fused-ring (bicyclic) bond motifs is 3. The van der Waals surface area contributed by atoms with Gasteiger partial charge in [0.2, 0.25) is 0 Å². The second-order valence-corrected chi connectivity index (χ2v) is 9.84. The quantitative estimate of drug-likeness (QED) is 0.376. The summed E-state index contributed by atoms with van der Waals surface area (Å²) in [7, 11) is 0. The van der Waals surface area contributed by atoms with Crippen molar-refractivity contribution in [3.63, 3.8) is 0 Å². The number of ether oxygens (including phenoxy) is 1. The smallest absolute Gasteiger partial charge is 0.326 e. The van der Waals surface area contributed by atoms with Gasteiger partial charge in [-0.2, -0.15) is 0 Å². The topological polar surface area (TPSA) is 83.8 Å². The number of furan rings is 1. The first-order valence-corrected chi connectivity index (χ1v) is 12.0. The second-order valence-electron chi connectivity index (χ2n) is 9.84. The lowest BCUT2D eigenvalue weighted by atomic mass is 10.1. The van der Waals surface area contributed by atoms with E-state index >= 15 is 0 Å². The minimum absolute atomic E-state index is 0.172. The Morgan fingerprint density at radius 3 is 2.50 bits per heavy atom. The first-order valence-electron chi connectivity index (χ1n) is 12.0. The predicted molar refractivity (Wildman–Crippen MR) is 139 cm³/mol. The molecule has 0 radical (unpaired) electrons. The van der Waals surface area contributed by atoms with Gasteiger partial charge in [0.05, 0.1) is 0 Å². The number of rotatable bonds is 6. The maximum absolute atomic E-state index is 13.5. The molecule has 1 amide bonds. The Balaban J connectivity index is 1.36. The number of nitrogens with zero attached hydrogens (tertiary/aromatic N) is 1. The molecule has 1 aromatic heterocycles. The van der Waals surface area contributed by atoms with E-state index < -0.39 is 17.7 Å². The van der Waals surface area contributed by atoms with Crippen molar-refractivity contribution < 1.29 is 18.7 Å². The van der Waals surface area contributed by atoms with E-state index in [1.165, 1.54) is 4.90 Å². The van der Waals surface area contributed by atoms with Gasteiger partial charge in [-0.15, -0.1) is 0 Å². The molecule has 0 fully saturated rings. The summed E-state index contributed by atoms with van der Waals surface area (Å²) >= 11 is 0. The Kier molecular flexibility index (Phi) is 6.14. The summed E-state index contributed by atoms with van der Waals surface area (Å²) in [6.07, 6.45) is 1.20. The summed E-state index contributed by atoms with van der Waals surface area (Å²) in [6, 6.07) is 23.5. The lowest BCUT2D eigenvalue weighted by Crippen LogP contribution is -2.50. The van der Waals surface area contributed by atoms with E-state index in [4.69, 9.17) is 9.15 Å². The summed E-state index contributed by atoms with van der Waals surface area (Å²) < 4.78 is 11.4. The molecule has 2 N–H and O–H groups in total. The fourth-order valence-corrected chi connectivity index (χ4v) is 4.38. The van der Waals surface area contributed by atoms with Gasteiger partial charge in [0.1, 0.15) is 35.2 Å². The monoisotopic (exact) mass is 483 g/mol. The van der Waals surface area contributed by atoms with Crippen molar-refractivity contribution in [3.05, 3.63) is 95.8 Å². The molecule has 1 aliphatic rings. The van der Waals surface area contributed by atoms with Crippen LogP contribution in [-0.4, -0.2) is 28.9 Å². The Hall–Kier alpha value is -4.26. The van der Waals surface area contributed by atoms with E-state index in [-0.39, 0.29) is 12.5 Å². The molecule has 0 bridgehead atoms. The Bertz CT molecular complexity index is 1450. The van der Waals surface area contributed by atoms with Gasteiger partial charge < -0.3 is 24.7 Å². The largest absolute Gasteiger partial charge is 0.459 e. The van der Waals surface area contributed by atoms with Crippen LogP contribution in [0.1, 0.15) is 38.1 Å². The molecule has 1 atom stereocenters. The molecule has 0 saturated heterocycles. The number of carbonyl (C=O) groups excluding carboxylic acids is 2. The molecule has 1 aliphatic heterocycles. The average molecular weight is 484 g/mol. The Morgan fingerprint density at radius 2 is 1.72 bits per heavy atom. The number of para-hydroxylation sites is 1. The molecular formula is C29H29N3O4. The summed E-state index contributed by atoms with van der Waals surface area (Å²) in [5.41, 5.74) is 3.29. The fraction of sp³-hybridized carbons (Fsp3) is 0.241. The van der Waals surface area contributed by atoms with Crippen molar-refractivity contribution in [2.75, 3.05) is 6.54 Å². The molecule has 3 aromatic carbocycles. The minimum atomic E-state index is -0.640. The third-order valence-electron chi connectivity index (χ3n) is 5.95. The normalized spacial score (nSPS) is 16.1. The SMILES string of the molecule is CC(C)(C)OC(=O)CN1C(=O)C(NCc2ccc3oc4ccccc4c3c2)=CNC1c1ccccc1. The van der Waals surface area contributed by atoms with Crippen molar-refractivity contribution in [1.29, 1.82) is 0 Å². The number of amides is 1. The molecule has 1 unspecified atom stereocenters. The molecule has 184 valence electrons. The number of hydrogen-bond acceptors (Lipinski definition) is 6. The van der Waals surface area contributed by atoms with Crippen LogP contribution in [0.3, 0.4) is 0 Å². The molecule has 0 saturated carbocycles. The maximum Gasteiger partial charge on any atom is 0.326 e. The predicted octanol–water partition coefficient (Wildman–Crippen LogP) is 4.99. The van der Waals surface area contributed by atoms with Crippen LogP contribution in [0.5, 0.6) is 0 Å². The van der Waals surface area contributed by atoms with Gasteiger partial charge in [-0.3, -0.25) is 9.59 Å². The standard InChI is InChI=1S/C29H29N3O4/c1-29(2,3)36-26(33)18-32-27(20-9-5-4-6-10-20)31-17-23(28(32)34)30-16-19-13-14-25-22(15-19)21-11-7-8-12-24(21)35-25/h4-15,17,27,30-31H,16,18H2,1-3H3. The third-order valence-corrected chi connectivity index (χ3v) is 5.95. The summed E-state index contributed by atoms with van der Waals surface area (Å²) in [5.74, 6) is -0.736. The molecule has 2 heterocycles. The van der Waals surface area contributed by atoms with E-state index in [0.29, 0.717) is 12.2 Å². The van der Waals surface area contributed by atoms with Crippen molar-refractivity contribution in [3.8, 4) is 0 Å². The van der Waals surface area contributed by atoms with E-state index in [2.05, 4.69) is 16.7 Å². The molecule has 5 rings (SSSR count). The van der Waals surface area contributed by atoms with Gasteiger partial charge in [0, 0.05) is 23.5 Å². The van der Waals surface area contributed by atoms with Crippen molar-refractivity contribution in [2.45, 2.75) is 39.1 Å². The van der Waals surface area contributed by atoms with Gasteiger partial charge >= 0.3 is 5.97 Å². The van der Waals surface area contributed by atoms with Crippen LogP contribution in [0.4, 0.5) is 0 Å². The van der Waals surface area contributed by atoms with Crippen molar-refractivity contribution in [1.82, 2.24) is 15.5 Å². The zero-order valence-electron chi connectivity index (χ0n) is 20.6. The lowest BCUT2D eigenvalue weighted by Gasteiger charge is -2.36. The van der Waals surface area contributed by atoms with Crippen LogP contribution in [0.15, 0.2) is 89.1 Å². The molecule has 7 heteroatoms. The minimum Gasteiger partial charge on any atom is -0.459 e. The first-order chi connectivity index (χ1) is 17.3. The molecule has 36 heavy (non-hydrogen) atoms. The highest BCUT2D eigenvalue weighted by Gasteiger charge is 2.33. The van der Waals surface area contributed by atoms with Crippen molar-refractivity contribution in [2.24, 2.45) is 0 Å². The highest BCUT2D eigenvalue weighted by Crippen LogP contribution is 2.29. The third kappa shape index (κ3) is 4.91. The van der Waals surface area contributed by atoms with Crippen LogP contribution in [0, 0.1) is 0 Å². The van der Waals surface area contributed by atoms with E-state index in [0.717, 1.165) is 33.1 Å². The Morgan fingerprint density at radius 1 is 1.00 bits per heavy atom. The summed E-state index contributed by atoms with van der Waals surface area (Å²) in [6.45, 7) is 5.69. The van der Waals surface area contributed by atoms with Crippen LogP contribution >= 0.6 is 0 Å². The Labute approximate surface area is 209 Å². The summed E-state index contributed by atoms with van der Waals surface area (Å²) in [4.78, 5) is 27.7. The number of carbonyl (C=O) groups is 2. The van der Waals surface area contributed by atoms with Gasteiger partial charge in [0.25, 0.3) is 5.91 Å². The lowest BCUT2D eigenvalue weighted by molar-refractivity contribution is -0.160. The van der Waals surface area contributed by atoms with Gasteiger partial charge in [0.15, 0.2) is 0 Å². The zero-order valence-corrected chi connectivity index (χ0v) is 20.6. The van der Waals surface area contributed by atoms with E-state index in [9.17, 15) is 9.59 Å². The molecule has 0 spiro atoms. The molecule has 0 aliphatic carbocycles. The van der Waals surface area contributed by atoms with Gasteiger partial charge in [-0.05, 0) is 50.1 Å². The number of benzene rings is 3. The van der Waals surface area contributed by atoms with Gasteiger partial charge in [-0.1, -0.05) is 54.6 Å². The van der Waals surface area contributed by atoms with Crippen LogP contribution in [0.2, 0.25) is 0 Å². The average Bonchev–Trinajstić information content (AvgIpc) is 3.22. The molecular weight excluding hydrogens is 454 g/mol. The second kappa shape index (κ2) is 9.41. The number of hydrogen-bond donors (Lipinski definition) is 2. The molecule has 4 aromatic rings. The highest BCUT2D eigenvalue weighted by molar-refractivity contribution is 6.05. The first kappa shape index (κ1) is 23.5. The fourth-order valence-electron chi connectivity index (χ4n) is 4.38. The van der Waals surface area contributed by atoms with Crippen LogP contribution in [-0.2, 0) is 20.9 Å². The van der Waals surface area contributed by atoms with Crippen LogP contribution in [0.25, 0.3) is 21.9 Å². The van der Waals surface area contributed by atoms with E-state index in [1.807, 2.05) is 87.5 Å². The van der Waals surface area contributed by atoms with Crippen LogP contribution < -0.4 is 10.6 Å². The van der Waals surface area contributed by atoms with Gasteiger partial charge in [-0.25, -0.2) is 0 Å². The number of nitrogens with one attached hydrogen (secondary N) is 2. The maximum atomic E-state index is 13.5. The zero-order chi connectivity index (χ0) is 25.3. The van der Waals surface area contributed by atoms with Crippen molar-refractivity contribution >= 4 is 33.8 Å². The highest BCUT2D eigenvalue weighted by atomic mass is 16.6. The number of esters is 1. The summed E-state index contributed by atoms with van der Waals surface area (Å²) in [5, 5.41) is 8.60.